The van der Waals surface area contributed by atoms with Crippen molar-refractivity contribution in [3.8, 4) is 0 Å². The SMILES string of the molecule is CC(CCC(=O)O)CNC(=O)N1CC(C)OC(C)C1. The molecular formula is C13H24N2O4. The van der Waals surface area contributed by atoms with Gasteiger partial charge >= 0.3 is 12.0 Å². The Kier molecular flexibility index (Phi) is 6.08. The molecule has 0 radical (unpaired) electrons. The van der Waals surface area contributed by atoms with E-state index in [0.717, 1.165) is 0 Å². The molecule has 1 fully saturated rings. The lowest BCUT2D eigenvalue weighted by molar-refractivity contribution is -0.137. The van der Waals surface area contributed by atoms with Crippen molar-refractivity contribution >= 4 is 12.0 Å². The average Bonchev–Trinajstić information content (AvgIpc) is 2.32. The molecule has 1 heterocycles. The van der Waals surface area contributed by atoms with Crippen LogP contribution in [0.15, 0.2) is 0 Å². The lowest BCUT2D eigenvalue weighted by Gasteiger charge is -2.35. The molecule has 3 atom stereocenters. The van der Waals surface area contributed by atoms with Gasteiger partial charge in [0.25, 0.3) is 0 Å². The first-order valence-corrected chi connectivity index (χ1v) is 6.78. The molecule has 3 unspecified atom stereocenters. The Morgan fingerprint density at radius 2 is 1.95 bits per heavy atom. The van der Waals surface area contributed by atoms with Gasteiger partial charge in [-0.2, -0.15) is 0 Å². The third-order valence-corrected chi connectivity index (χ3v) is 3.16. The molecule has 1 aliphatic rings. The van der Waals surface area contributed by atoms with E-state index in [1.165, 1.54) is 0 Å². The van der Waals surface area contributed by atoms with E-state index < -0.39 is 5.97 Å². The van der Waals surface area contributed by atoms with Crippen LogP contribution in [0.3, 0.4) is 0 Å². The number of carbonyl (C=O) groups is 2. The van der Waals surface area contributed by atoms with E-state index in [1.54, 1.807) is 4.90 Å². The number of urea groups is 1. The number of amides is 2. The van der Waals surface area contributed by atoms with Gasteiger partial charge in [-0.25, -0.2) is 4.79 Å². The summed E-state index contributed by atoms with van der Waals surface area (Å²) >= 11 is 0. The fourth-order valence-electron chi connectivity index (χ4n) is 2.19. The topological polar surface area (TPSA) is 78.9 Å². The van der Waals surface area contributed by atoms with Crippen molar-refractivity contribution < 1.29 is 19.4 Å². The van der Waals surface area contributed by atoms with Crippen molar-refractivity contribution in [2.75, 3.05) is 19.6 Å². The van der Waals surface area contributed by atoms with Crippen LogP contribution in [-0.2, 0) is 9.53 Å². The predicted octanol–water partition coefficient (Wildman–Crippen LogP) is 1.31. The summed E-state index contributed by atoms with van der Waals surface area (Å²) in [4.78, 5) is 24.2. The maximum atomic E-state index is 12.0. The van der Waals surface area contributed by atoms with Crippen molar-refractivity contribution in [3.05, 3.63) is 0 Å². The fraction of sp³-hybridized carbons (Fsp3) is 0.846. The molecule has 0 aromatic rings. The molecule has 6 nitrogen and oxygen atoms in total. The number of carboxylic acids is 1. The zero-order chi connectivity index (χ0) is 14.4. The van der Waals surface area contributed by atoms with Crippen LogP contribution in [0.5, 0.6) is 0 Å². The standard InChI is InChI=1S/C13H24N2O4/c1-9(4-5-12(16)17)6-14-13(18)15-7-10(2)19-11(3)8-15/h9-11H,4-8H2,1-3H3,(H,14,18)(H,16,17). The minimum atomic E-state index is -0.797. The van der Waals surface area contributed by atoms with E-state index in [9.17, 15) is 9.59 Å². The summed E-state index contributed by atoms with van der Waals surface area (Å²) in [5.41, 5.74) is 0. The first-order chi connectivity index (χ1) is 8.88. The Morgan fingerprint density at radius 1 is 1.37 bits per heavy atom. The molecule has 1 rings (SSSR count). The number of carboxylic acid groups (broad SMARTS) is 1. The van der Waals surface area contributed by atoms with Gasteiger partial charge in [0.2, 0.25) is 0 Å². The molecule has 0 spiro atoms. The summed E-state index contributed by atoms with van der Waals surface area (Å²) in [7, 11) is 0. The molecule has 2 N–H and O–H groups in total. The smallest absolute Gasteiger partial charge is 0.317 e. The van der Waals surface area contributed by atoms with Crippen LogP contribution < -0.4 is 5.32 Å². The third-order valence-electron chi connectivity index (χ3n) is 3.16. The Morgan fingerprint density at radius 3 is 2.47 bits per heavy atom. The number of nitrogens with zero attached hydrogens (tertiary/aromatic N) is 1. The lowest BCUT2D eigenvalue weighted by atomic mass is 10.1. The van der Waals surface area contributed by atoms with Gasteiger partial charge in [-0.3, -0.25) is 4.79 Å². The summed E-state index contributed by atoms with van der Waals surface area (Å²) < 4.78 is 5.57. The first-order valence-electron chi connectivity index (χ1n) is 6.78. The second-order valence-electron chi connectivity index (χ2n) is 5.39. The van der Waals surface area contributed by atoms with E-state index in [2.05, 4.69) is 5.32 Å². The van der Waals surface area contributed by atoms with Crippen molar-refractivity contribution in [3.63, 3.8) is 0 Å². The molecule has 110 valence electrons. The number of rotatable bonds is 5. The second kappa shape index (κ2) is 7.33. The van der Waals surface area contributed by atoms with Gasteiger partial charge in [0.05, 0.1) is 12.2 Å². The Hall–Kier alpha value is -1.30. The molecule has 6 heteroatoms. The molecule has 1 aliphatic heterocycles. The summed E-state index contributed by atoms with van der Waals surface area (Å²) in [6, 6.07) is -0.0934. The Bertz CT molecular complexity index is 312. The number of nitrogens with one attached hydrogen (secondary N) is 1. The van der Waals surface area contributed by atoms with Gasteiger partial charge in [-0.05, 0) is 26.2 Å². The molecule has 0 aromatic carbocycles. The number of aliphatic carboxylic acids is 1. The van der Waals surface area contributed by atoms with Crippen molar-refractivity contribution in [2.45, 2.75) is 45.8 Å². The third kappa shape index (κ3) is 5.92. The van der Waals surface area contributed by atoms with E-state index in [4.69, 9.17) is 9.84 Å². The summed E-state index contributed by atoms with van der Waals surface area (Å²) in [5, 5.41) is 11.4. The van der Waals surface area contributed by atoms with Crippen molar-refractivity contribution in [1.29, 1.82) is 0 Å². The minimum absolute atomic E-state index is 0.0546. The van der Waals surface area contributed by atoms with Crippen LogP contribution in [0.25, 0.3) is 0 Å². The maximum Gasteiger partial charge on any atom is 0.317 e. The first kappa shape index (κ1) is 15.8. The molecule has 0 aromatic heterocycles. The van der Waals surface area contributed by atoms with Gasteiger partial charge in [-0.1, -0.05) is 6.92 Å². The van der Waals surface area contributed by atoms with E-state index in [-0.39, 0.29) is 30.6 Å². The van der Waals surface area contributed by atoms with E-state index >= 15 is 0 Å². The molecule has 0 bridgehead atoms. The molecule has 0 saturated carbocycles. The monoisotopic (exact) mass is 272 g/mol. The van der Waals surface area contributed by atoms with Gasteiger partial charge in [0.1, 0.15) is 0 Å². The van der Waals surface area contributed by atoms with Crippen LogP contribution in [-0.4, -0.2) is 53.8 Å². The van der Waals surface area contributed by atoms with Gasteiger partial charge in [0, 0.05) is 26.1 Å². The highest BCUT2D eigenvalue weighted by molar-refractivity contribution is 5.74. The van der Waals surface area contributed by atoms with Gasteiger partial charge in [0.15, 0.2) is 0 Å². The number of morpholine rings is 1. The van der Waals surface area contributed by atoms with Crippen LogP contribution >= 0.6 is 0 Å². The Balaban J connectivity index is 2.28. The zero-order valence-corrected chi connectivity index (χ0v) is 11.9. The number of hydrogen-bond acceptors (Lipinski definition) is 3. The number of carbonyl (C=O) groups excluding carboxylic acids is 1. The molecule has 2 amide bonds. The van der Waals surface area contributed by atoms with Gasteiger partial charge in [-0.15, -0.1) is 0 Å². The zero-order valence-electron chi connectivity index (χ0n) is 11.9. The fourth-order valence-corrected chi connectivity index (χ4v) is 2.19. The molecule has 0 aliphatic carbocycles. The van der Waals surface area contributed by atoms with Crippen LogP contribution in [0.2, 0.25) is 0 Å². The average molecular weight is 272 g/mol. The normalized spacial score (nSPS) is 24.9. The quantitative estimate of drug-likeness (QED) is 0.791. The van der Waals surface area contributed by atoms with Crippen LogP contribution in [0.1, 0.15) is 33.6 Å². The molecule has 1 saturated heterocycles. The van der Waals surface area contributed by atoms with Crippen molar-refractivity contribution in [1.82, 2.24) is 10.2 Å². The van der Waals surface area contributed by atoms with Crippen molar-refractivity contribution in [2.24, 2.45) is 5.92 Å². The number of hydrogen-bond donors (Lipinski definition) is 2. The minimum Gasteiger partial charge on any atom is -0.481 e. The van der Waals surface area contributed by atoms with Crippen LogP contribution in [0.4, 0.5) is 4.79 Å². The highest BCUT2D eigenvalue weighted by Crippen LogP contribution is 2.11. The number of ether oxygens (including phenoxy) is 1. The molecule has 19 heavy (non-hydrogen) atoms. The largest absolute Gasteiger partial charge is 0.481 e. The second-order valence-corrected chi connectivity index (χ2v) is 5.39. The van der Waals surface area contributed by atoms with E-state index in [0.29, 0.717) is 26.1 Å². The Labute approximate surface area is 114 Å². The lowest BCUT2D eigenvalue weighted by Crippen LogP contribution is -2.52. The highest BCUT2D eigenvalue weighted by atomic mass is 16.5. The maximum absolute atomic E-state index is 12.0. The summed E-state index contributed by atoms with van der Waals surface area (Å²) in [5.74, 6) is -0.634. The summed E-state index contributed by atoms with van der Waals surface area (Å²) in [6.45, 7) is 7.54. The molecular weight excluding hydrogens is 248 g/mol. The van der Waals surface area contributed by atoms with Gasteiger partial charge < -0.3 is 20.1 Å². The summed E-state index contributed by atoms with van der Waals surface area (Å²) in [6.07, 6.45) is 0.826. The van der Waals surface area contributed by atoms with Crippen LogP contribution in [0, 0.1) is 5.92 Å². The predicted molar refractivity (Wildman–Crippen MR) is 71.0 cm³/mol. The highest BCUT2D eigenvalue weighted by Gasteiger charge is 2.25. The van der Waals surface area contributed by atoms with E-state index in [1.807, 2.05) is 20.8 Å².